The Morgan fingerprint density at radius 2 is 2.30 bits per heavy atom. The Bertz CT molecular complexity index is 602. The predicted molar refractivity (Wildman–Crippen MR) is 84.5 cm³/mol. The minimum atomic E-state index is 0.00962. The number of rotatable bonds is 6. The number of hydrogen-bond acceptors (Lipinski definition) is 5. The summed E-state index contributed by atoms with van der Waals surface area (Å²) < 4.78 is 7.60. The topological polar surface area (TPSA) is 72.3 Å². The molecule has 7 heteroatoms. The summed E-state index contributed by atoms with van der Waals surface area (Å²) in [5, 5.41) is 7.10. The van der Waals surface area contributed by atoms with Gasteiger partial charge in [0.05, 0.1) is 38.0 Å². The third kappa shape index (κ3) is 4.87. The van der Waals surface area contributed by atoms with Crippen LogP contribution in [0.4, 0.5) is 0 Å². The molecule has 0 saturated carbocycles. The molecule has 3 rings (SSSR count). The van der Waals surface area contributed by atoms with E-state index in [2.05, 4.69) is 20.3 Å². The van der Waals surface area contributed by atoms with E-state index in [9.17, 15) is 4.79 Å². The summed E-state index contributed by atoms with van der Waals surface area (Å²) in [6, 6.07) is 7.57. The van der Waals surface area contributed by atoms with E-state index in [1.165, 1.54) is 0 Å². The van der Waals surface area contributed by atoms with Crippen LogP contribution in [-0.2, 0) is 22.6 Å². The second-order valence-electron chi connectivity index (χ2n) is 5.55. The number of nitrogens with one attached hydrogen (secondary N) is 1. The van der Waals surface area contributed by atoms with Crippen LogP contribution >= 0.6 is 0 Å². The van der Waals surface area contributed by atoms with Crippen LogP contribution in [0.15, 0.2) is 42.9 Å². The van der Waals surface area contributed by atoms with Crippen molar-refractivity contribution in [1.29, 1.82) is 0 Å². The summed E-state index contributed by atoms with van der Waals surface area (Å²) in [6.07, 6.45) is 5.46. The zero-order chi connectivity index (χ0) is 15.9. The van der Waals surface area contributed by atoms with E-state index in [1.807, 2.05) is 35.1 Å². The number of nitrogens with zero attached hydrogens (tertiary/aromatic N) is 4. The van der Waals surface area contributed by atoms with Gasteiger partial charge in [0, 0.05) is 31.7 Å². The molecule has 3 heterocycles. The number of carbonyl (C=O) groups is 1. The largest absolute Gasteiger partial charge is 0.374 e. The van der Waals surface area contributed by atoms with E-state index in [4.69, 9.17) is 4.74 Å². The van der Waals surface area contributed by atoms with Gasteiger partial charge in [-0.3, -0.25) is 19.4 Å². The molecule has 1 aliphatic rings. The predicted octanol–water partition coefficient (Wildman–Crippen LogP) is 0.295. The first kappa shape index (κ1) is 15.6. The van der Waals surface area contributed by atoms with Crippen LogP contribution in [0.25, 0.3) is 0 Å². The van der Waals surface area contributed by atoms with Crippen molar-refractivity contribution in [3.8, 4) is 0 Å². The molecule has 2 aromatic heterocycles. The summed E-state index contributed by atoms with van der Waals surface area (Å²) in [4.78, 5) is 18.4. The molecule has 1 aliphatic heterocycles. The van der Waals surface area contributed by atoms with Crippen LogP contribution < -0.4 is 5.32 Å². The van der Waals surface area contributed by atoms with Gasteiger partial charge in [-0.1, -0.05) is 6.07 Å². The normalized spacial score (nSPS) is 18.7. The van der Waals surface area contributed by atoms with Crippen molar-refractivity contribution in [3.63, 3.8) is 0 Å². The maximum absolute atomic E-state index is 12.1. The minimum Gasteiger partial charge on any atom is -0.374 e. The Hall–Kier alpha value is -2.25. The third-order valence-corrected chi connectivity index (χ3v) is 3.73. The summed E-state index contributed by atoms with van der Waals surface area (Å²) in [6.45, 7) is 3.69. The van der Waals surface area contributed by atoms with Gasteiger partial charge < -0.3 is 10.1 Å². The monoisotopic (exact) mass is 315 g/mol. The van der Waals surface area contributed by atoms with Gasteiger partial charge in [-0.15, -0.1) is 0 Å². The van der Waals surface area contributed by atoms with Crippen LogP contribution in [0.2, 0.25) is 0 Å². The van der Waals surface area contributed by atoms with E-state index in [0.717, 1.165) is 18.8 Å². The van der Waals surface area contributed by atoms with Crippen molar-refractivity contribution in [2.45, 2.75) is 19.2 Å². The van der Waals surface area contributed by atoms with Gasteiger partial charge in [-0.2, -0.15) is 5.10 Å². The number of ether oxygens (including phenoxy) is 1. The van der Waals surface area contributed by atoms with Crippen molar-refractivity contribution in [2.24, 2.45) is 0 Å². The van der Waals surface area contributed by atoms with E-state index in [1.54, 1.807) is 12.4 Å². The number of pyridine rings is 1. The average molecular weight is 315 g/mol. The number of morpholine rings is 1. The smallest absolute Gasteiger partial charge is 0.234 e. The SMILES string of the molecule is O=C(CN1CCO[C@@H](Cn2cccn2)C1)NCc1ccccn1. The molecule has 23 heavy (non-hydrogen) atoms. The first-order valence-corrected chi connectivity index (χ1v) is 7.77. The highest BCUT2D eigenvalue weighted by atomic mass is 16.5. The fourth-order valence-corrected chi connectivity index (χ4v) is 2.60. The number of hydrogen-bond donors (Lipinski definition) is 1. The highest BCUT2D eigenvalue weighted by molar-refractivity contribution is 5.77. The molecule has 1 atom stereocenters. The summed E-state index contributed by atoms with van der Waals surface area (Å²) in [5.74, 6) is 0.00962. The van der Waals surface area contributed by atoms with E-state index in [0.29, 0.717) is 26.2 Å². The molecular weight excluding hydrogens is 294 g/mol. The van der Waals surface area contributed by atoms with E-state index in [-0.39, 0.29) is 12.0 Å². The zero-order valence-electron chi connectivity index (χ0n) is 13.0. The van der Waals surface area contributed by atoms with Crippen molar-refractivity contribution in [1.82, 2.24) is 25.0 Å². The number of carbonyl (C=O) groups excluding carboxylic acids is 1. The maximum atomic E-state index is 12.1. The molecule has 0 radical (unpaired) electrons. The van der Waals surface area contributed by atoms with Crippen molar-refractivity contribution in [2.75, 3.05) is 26.2 Å². The van der Waals surface area contributed by atoms with E-state index < -0.39 is 0 Å². The summed E-state index contributed by atoms with van der Waals surface area (Å²) in [7, 11) is 0. The van der Waals surface area contributed by atoms with Crippen LogP contribution in [-0.4, -0.2) is 57.9 Å². The zero-order valence-corrected chi connectivity index (χ0v) is 13.0. The Balaban J connectivity index is 1.42. The van der Waals surface area contributed by atoms with Gasteiger partial charge >= 0.3 is 0 Å². The molecule has 0 spiro atoms. The van der Waals surface area contributed by atoms with Gasteiger partial charge in [0.2, 0.25) is 5.91 Å². The van der Waals surface area contributed by atoms with Crippen LogP contribution in [0, 0.1) is 0 Å². The molecule has 0 aromatic carbocycles. The Labute approximate surface area is 135 Å². The second-order valence-corrected chi connectivity index (χ2v) is 5.55. The Kier molecular flexibility index (Phi) is 5.33. The lowest BCUT2D eigenvalue weighted by molar-refractivity contribution is -0.124. The molecule has 0 aliphatic carbocycles. The number of aromatic nitrogens is 3. The minimum absolute atomic E-state index is 0.00962. The fourth-order valence-electron chi connectivity index (χ4n) is 2.60. The highest BCUT2D eigenvalue weighted by Gasteiger charge is 2.22. The molecule has 1 amide bonds. The lowest BCUT2D eigenvalue weighted by atomic mass is 10.2. The quantitative estimate of drug-likeness (QED) is 0.830. The molecule has 2 aromatic rings. The summed E-state index contributed by atoms with van der Waals surface area (Å²) >= 11 is 0. The lowest BCUT2D eigenvalue weighted by Gasteiger charge is -2.32. The number of amides is 1. The fraction of sp³-hybridized carbons (Fsp3) is 0.438. The van der Waals surface area contributed by atoms with Crippen molar-refractivity contribution < 1.29 is 9.53 Å². The van der Waals surface area contributed by atoms with Crippen LogP contribution in [0.1, 0.15) is 5.69 Å². The molecular formula is C16H21N5O2. The molecule has 0 unspecified atom stereocenters. The van der Waals surface area contributed by atoms with Crippen LogP contribution in [0.5, 0.6) is 0 Å². The Morgan fingerprint density at radius 1 is 1.35 bits per heavy atom. The summed E-state index contributed by atoms with van der Waals surface area (Å²) in [5.41, 5.74) is 0.861. The van der Waals surface area contributed by atoms with Crippen molar-refractivity contribution in [3.05, 3.63) is 48.5 Å². The molecule has 1 saturated heterocycles. The first-order valence-electron chi connectivity index (χ1n) is 7.77. The average Bonchev–Trinajstić information content (AvgIpc) is 3.07. The molecule has 7 nitrogen and oxygen atoms in total. The van der Waals surface area contributed by atoms with Gasteiger partial charge in [0.25, 0.3) is 0 Å². The third-order valence-electron chi connectivity index (χ3n) is 3.73. The van der Waals surface area contributed by atoms with Gasteiger partial charge in [0.1, 0.15) is 0 Å². The Morgan fingerprint density at radius 3 is 3.09 bits per heavy atom. The van der Waals surface area contributed by atoms with Crippen molar-refractivity contribution >= 4 is 5.91 Å². The maximum Gasteiger partial charge on any atom is 0.234 e. The molecule has 1 fully saturated rings. The van der Waals surface area contributed by atoms with Gasteiger partial charge in [0.15, 0.2) is 0 Å². The molecule has 122 valence electrons. The van der Waals surface area contributed by atoms with Gasteiger partial charge in [-0.05, 0) is 18.2 Å². The highest BCUT2D eigenvalue weighted by Crippen LogP contribution is 2.07. The molecule has 0 bridgehead atoms. The first-order chi connectivity index (χ1) is 11.3. The standard InChI is InChI=1S/C16H21N5O2/c22-16(18-10-14-4-1-2-5-17-14)13-20-8-9-23-15(11-20)12-21-7-3-6-19-21/h1-7,15H,8-13H2,(H,18,22)/t15-/m1/s1. The van der Waals surface area contributed by atoms with Crippen LogP contribution in [0.3, 0.4) is 0 Å². The second kappa shape index (κ2) is 7.85. The lowest BCUT2D eigenvalue weighted by Crippen LogP contribution is -2.48. The van der Waals surface area contributed by atoms with Gasteiger partial charge in [-0.25, -0.2) is 0 Å². The molecule has 1 N–H and O–H groups in total. The van der Waals surface area contributed by atoms with E-state index >= 15 is 0 Å².